The van der Waals surface area contributed by atoms with E-state index < -0.39 is 5.97 Å². The number of anilines is 2. The third kappa shape index (κ3) is 2.29. The van der Waals surface area contributed by atoms with Gasteiger partial charge in [-0.05, 0) is 12.1 Å². The van der Waals surface area contributed by atoms with Gasteiger partial charge < -0.3 is 15.5 Å². The minimum absolute atomic E-state index is 0.00709. The van der Waals surface area contributed by atoms with Crippen LogP contribution in [0, 0.1) is 0 Å². The van der Waals surface area contributed by atoms with Crippen molar-refractivity contribution in [2.45, 2.75) is 0 Å². The first-order valence-electron chi connectivity index (χ1n) is 4.40. The van der Waals surface area contributed by atoms with Crippen LogP contribution in [-0.4, -0.2) is 21.2 Å². The van der Waals surface area contributed by atoms with Crippen molar-refractivity contribution >= 4 is 28.1 Å². The van der Waals surface area contributed by atoms with Crippen molar-refractivity contribution in [1.82, 2.24) is 4.98 Å². The van der Waals surface area contributed by atoms with Gasteiger partial charge in [-0.15, -0.1) is 11.3 Å². The smallest absolute Gasteiger partial charge is 0.355 e. The number of hydrogen-bond donors (Lipinski definition) is 3. The highest BCUT2D eigenvalue weighted by atomic mass is 32.1. The molecule has 0 bridgehead atoms. The number of hydrogen-bond acceptors (Lipinski definition) is 5. The van der Waals surface area contributed by atoms with Crippen LogP contribution in [0.3, 0.4) is 0 Å². The summed E-state index contributed by atoms with van der Waals surface area (Å²) in [6.07, 6.45) is 0. The molecule has 0 aliphatic heterocycles. The van der Waals surface area contributed by atoms with E-state index in [1.807, 2.05) is 0 Å². The van der Waals surface area contributed by atoms with Crippen molar-refractivity contribution in [3.8, 4) is 5.75 Å². The number of carboxylic acid groups (broad SMARTS) is 1. The van der Waals surface area contributed by atoms with Crippen LogP contribution in [0.5, 0.6) is 5.75 Å². The van der Waals surface area contributed by atoms with Crippen molar-refractivity contribution < 1.29 is 15.0 Å². The molecule has 2 rings (SSSR count). The van der Waals surface area contributed by atoms with Gasteiger partial charge in [-0.25, -0.2) is 9.78 Å². The zero-order valence-electron chi connectivity index (χ0n) is 8.04. The topological polar surface area (TPSA) is 82.5 Å². The maximum Gasteiger partial charge on any atom is 0.355 e. The fraction of sp³-hybridized carbons (Fsp3) is 0. The number of aromatic carboxylic acids is 1. The first-order chi connectivity index (χ1) is 7.65. The third-order valence-electron chi connectivity index (χ3n) is 1.82. The summed E-state index contributed by atoms with van der Waals surface area (Å²) >= 11 is 1.19. The van der Waals surface area contributed by atoms with Crippen molar-refractivity contribution in [3.05, 3.63) is 35.3 Å². The summed E-state index contributed by atoms with van der Waals surface area (Å²) < 4.78 is 0. The van der Waals surface area contributed by atoms with Gasteiger partial charge in [-0.2, -0.15) is 0 Å². The van der Waals surface area contributed by atoms with Crippen LogP contribution < -0.4 is 5.32 Å². The summed E-state index contributed by atoms with van der Waals surface area (Å²) in [5.41, 5.74) is 0.666. The second-order valence-corrected chi connectivity index (χ2v) is 3.88. The van der Waals surface area contributed by atoms with Gasteiger partial charge in [0, 0.05) is 17.1 Å². The Hall–Kier alpha value is -2.08. The number of benzene rings is 1. The quantitative estimate of drug-likeness (QED) is 0.761. The highest BCUT2D eigenvalue weighted by Gasteiger charge is 2.08. The fourth-order valence-electron chi connectivity index (χ4n) is 1.14. The lowest BCUT2D eigenvalue weighted by Gasteiger charge is -2.01. The van der Waals surface area contributed by atoms with Crippen molar-refractivity contribution in [1.29, 1.82) is 0 Å². The Kier molecular flexibility index (Phi) is 2.74. The molecule has 0 amide bonds. The van der Waals surface area contributed by atoms with E-state index in [9.17, 15) is 9.90 Å². The minimum Gasteiger partial charge on any atom is -0.508 e. The minimum atomic E-state index is -1.06. The van der Waals surface area contributed by atoms with Crippen LogP contribution in [0.1, 0.15) is 10.5 Å². The molecule has 0 unspecified atom stereocenters. The number of phenols is 1. The van der Waals surface area contributed by atoms with Crippen LogP contribution in [0.2, 0.25) is 0 Å². The van der Waals surface area contributed by atoms with Crippen molar-refractivity contribution in [3.63, 3.8) is 0 Å². The summed E-state index contributed by atoms with van der Waals surface area (Å²) in [5.74, 6) is -0.916. The molecule has 16 heavy (non-hydrogen) atoms. The summed E-state index contributed by atoms with van der Waals surface area (Å²) in [7, 11) is 0. The highest BCUT2D eigenvalue weighted by Crippen LogP contribution is 2.23. The average Bonchev–Trinajstić information content (AvgIpc) is 2.66. The molecule has 0 spiro atoms. The fourth-order valence-corrected chi connectivity index (χ4v) is 1.84. The Morgan fingerprint density at radius 2 is 2.25 bits per heavy atom. The van der Waals surface area contributed by atoms with Crippen molar-refractivity contribution in [2.75, 3.05) is 5.32 Å². The largest absolute Gasteiger partial charge is 0.508 e. The molecule has 0 radical (unpaired) electrons. The third-order valence-corrected chi connectivity index (χ3v) is 2.58. The monoisotopic (exact) mass is 236 g/mol. The van der Waals surface area contributed by atoms with Gasteiger partial charge in [0.25, 0.3) is 0 Å². The lowest BCUT2D eigenvalue weighted by atomic mass is 10.3. The Labute approximate surface area is 95.0 Å². The molecule has 6 heteroatoms. The molecule has 0 saturated carbocycles. The highest BCUT2D eigenvalue weighted by molar-refractivity contribution is 7.14. The van der Waals surface area contributed by atoms with E-state index in [-0.39, 0.29) is 11.4 Å². The Balaban J connectivity index is 2.17. The average molecular weight is 236 g/mol. The number of aromatic nitrogens is 1. The Morgan fingerprint density at radius 3 is 2.88 bits per heavy atom. The van der Waals surface area contributed by atoms with E-state index in [1.54, 1.807) is 18.2 Å². The number of rotatable bonds is 3. The number of nitrogens with zero attached hydrogens (tertiary/aromatic N) is 1. The van der Waals surface area contributed by atoms with Gasteiger partial charge >= 0.3 is 5.97 Å². The van der Waals surface area contributed by atoms with Gasteiger partial charge in [-0.3, -0.25) is 0 Å². The van der Waals surface area contributed by atoms with E-state index in [2.05, 4.69) is 10.3 Å². The molecular weight excluding hydrogens is 228 g/mol. The van der Waals surface area contributed by atoms with Gasteiger partial charge in [0.05, 0.1) is 0 Å². The molecule has 0 atom stereocenters. The number of carbonyl (C=O) groups is 1. The van der Waals surface area contributed by atoms with E-state index in [1.165, 1.54) is 22.8 Å². The van der Waals surface area contributed by atoms with Crippen LogP contribution in [0.4, 0.5) is 10.8 Å². The van der Waals surface area contributed by atoms with Crippen LogP contribution in [-0.2, 0) is 0 Å². The summed E-state index contributed by atoms with van der Waals surface area (Å²) in [4.78, 5) is 14.5. The first kappa shape index (κ1) is 10.4. The molecular formula is C10H8N2O3S. The van der Waals surface area contributed by atoms with Gasteiger partial charge in [0.2, 0.25) is 0 Å². The SMILES string of the molecule is O=C(O)c1csc(Nc2cccc(O)c2)n1. The molecule has 1 heterocycles. The summed E-state index contributed by atoms with van der Waals surface area (Å²) in [5, 5.41) is 22.7. The first-order valence-corrected chi connectivity index (χ1v) is 5.28. The second-order valence-electron chi connectivity index (χ2n) is 3.02. The lowest BCUT2D eigenvalue weighted by molar-refractivity contribution is 0.0691. The normalized spacial score (nSPS) is 10.0. The predicted molar refractivity (Wildman–Crippen MR) is 60.5 cm³/mol. The predicted octanol–water partition coefficient (Wildman–Crippen LogP) is 2.29. The number of phenolic OH excluding ortho intramolecular Hbond substituents is 1. The number of thiazole rings is 1. The molecule has 0 saturated heterocycles. The Morgan fingerprint density at radius 1 is 1.44 bits per heavy atom. The molecule has 1 aromatic carbocycles. The van der Waals surface area contributed by atoms with Crippen LogP contribution in [0.15, 0.2) is 29.6 Å². The zero-order valence-corrected chi connectivity index (χ0v) is 8.86. The standard InChI is InChI=1S/C10H8N2O3S/c13-7-3-1-2-6(4-7)11-10-12-8(5-16-10)9(14)15/h1-5,13H,(H,11,12)(H,14,15). The maximum atomic E-state index is 10.6. The van der Waals surface area contributed by atoms with Crippen LogP contribution in [0.25, 0.3) is 0 Å². The molecule has 82 valence electrons. The summed E-state index contributed by atoms with van der Waals surface area (Å²) in [6, 6.07) is 6.52. The maximum absolute atomic E-state index is 10.6. The van der Waals surface area contributed by atoms with Gasteiger partial charge in [-0.1, -0.05) is 6.07 Å². The molecule has 3 N–H and O–H groups in total. The molecule has 1 aromatic heterocycles. The van der Waals surface area contributed by atoms with E-state index in [0.717, 1.165) is 0 Å². The molecule has 2 aromatic rings. The lowest BCUT2D eigenvalue weighted by Crippen LogP contribution is -1.97. The number of carboxylic acids is 1. The summed E-state index contributed by atoms with van der Waals surface area (Å²) in [6.45, 7) is 0. The van der Waals surface area contributed by atoms with E-state index in [4.69, 9.17) is 5.11 Å². The van der Waals surface area contributed by atoms with E-state index >= 15 is 0 Å². The van der Waals surface area contributed by atoms with Crippen molar-refractivity contribution in [2.24, 2.45) is 0 Å². The molecule has 5 nitrogen and oxygen atoms in total. The van der Waals surface area contributed by atoms with Gasteiger partial charge in [0.15, 0.2) is 10.8 Å². The number of aromatic hydroxyl groups is 1. The van der Waals surface area contributed by atoms with E-state index in [0.29, 0.717) is 10.8 Å². The Bertz CT molecular complexity index is 524. The second kappa shape index (κ2) is 4.19. The zero-order chi connectivity index (χ0) is 11.5. The molecule has 0 aliphatic rings. The molecule has 0 aliphatic carbocycles. The van der Waals surface area contributed by atoms with Gasteiger partial charge in [0.1, 0.15) is 5.75 Å². The van der Waals surface area contributed by atoms with Crippen LogP contribution >= 0.6 is 11.3 Å². The molecule has 0 fully saturated rings. The number of nitrogens with one attached hydrogen (secondary N) is 1.